The van der Waals surface area contributed by atoms with Gasteiger partial charge in [0, 0.05) is 11.3 Å². The monoisotopic (exact) mass is 378 g/mol. The van der Waals surface area contributed by atoms with Crippen LogP contribution in [0.15, 0.2) is 35.2 Å². The second kappa shape index (κ2) is 6.75. The van der Waals surface area contributed by atoms with Crippen molar-refractivity contribution in [2.75, 3.05) is 0 Å². The number of thioether (sulfide) groups is 1. The lowest BCUT2D eigenvalue weighted by atomic mass is 9.96. The van der Waals surface area contributed by atoms with Crippen LogP contribution in [-0.2, 0) is 14.0 Å². The summed E-state index contributed by atoms with van der Waals surface area (Å²) in [7, 11) is -1.88. The molecule has 1 spiro atoms. The van der Waals surface area contributed by atoms with Crippen molar-refractivity contribution in [1.82, 2.24) is 0 Å². The number of esters is 1. The molecule has 2 aliphatic rings. The molecule has 1 heterocycles. The van der Waals surface area contributed by atoms with Gasteiger partial charge in [-0.3, -0.25) is 4.79 Å². The Bertz CT molecular complexity index is 626. The Hall–Kier alpha value is -0.783. The van der Waals surface area contributed by atoms with Crippen molar-refractivity contribution in [2.45, 2.75) is 86.4 Å². The molecule has 1 aromatic rings. The molecule has 1 saturated heterocycles. The first-order valence-electron chi connectivity index (χ1n) is 9.25. The van der Waals surface area contributed by atoms with Crippen LogP contribution in [0, 0.1) is 0 Å². The van der Waals surface area contributed by atoms with Crippen LogP contribution in [0.1, 0.15) is 46.5 Å². The topological polar surface area (TPSA) is 35.5 Å². The van der Waals surface area contributed by atoms with Crippen LogP contribution in [0.25, 0.3) is 0 Å². The lowest BCUT2D eigenvalue weighted by Crippen LogP contribution is -2.50. The summed E-state index contributed by atoms with van der Waals surface area (Å²) in [5, 5.41) is 0.0448. The van der Waals surface area contributed by atoms with Crippen molar-refractivity contribution in [3.05, 3.63) is 30.3 Å². The summed E-state index contributed by atoms with van der Waals surface area (Å²) in [5.41, 5.74) is -0.404. The van der Waals surface area contributed by atoms with E-state index in [-0.39, 0.29) is 22.4 Å². The Morgan fingerprint density at radius 3 is 2.56 bits per heavy atom. The molecule has 0 amide bonds. The average molecular weight is 379 g/mol. The van der Waals surface area contributed by atoms with E-state index >= 15 is 0 Å². The number of carbonyl (C=O) groups is 1. The van der Waals surface area contributed by atoms with Gasteiger partial charge in [0.2, 0.25) is 0 Å². The molecule has 1 aromatic carbocycles. The van der Waals surface area contributed by atoms with Gasteiger partial charge in [0.15, 0.2) is 8.32 Å². The van der Waals surface area contributed by atoms with Crippen LogP contribution in [0.5, 0.6) is 0 Å². The molecule has 1 aliphatic carbocycles. The first-order chi connectivity index (χ1) is 11.6. The van der Waals surface area contributed by atoms with Gasteiger partial charge in [-0.15, -0.1) is 11.8 Å². The number of rotatable bonds is 4. The molecule has 3 nitrogen and oxygen atoms in total. The third kappa shape index (κ3) is 3.83. The maximum absolute atomic E-state index is 12.6. The maximum Gasteiger partial charge on any atom is 0.320 e. The molecule has 1 aliphatic heterocycles. The highest BCUT2D eigenvalue weighted by atomic mass is 32.2. The van der Waals surface area contributed by atoms with Crippen LogP contribution in [0.2, 0.25) is 18.1 Å². The van der Waals surface area contributed by atoms with Crippen molar-refractivity contribution >= 4 is 26.0 Å². The van der Waals surface area contributed by atoms with Gasteiger partial charge < -0.3 is 9.16 Å². The number of hydrogen-bond acceptors (Lipinski definition) is 4. The Balaban J connectivity index is 1.74. The third-order valence-electron chi connectivity index (χ3n) is 6.02. The lowest BCUT2D eigenvalue weighted by molar-refractivity contribution is -0.154. The molecular formula is C20H30O3SSi. The number of hydrogen-bond donors (Lipinski definition) is 0. The van der Waals surface area contributed by atoms with E-state index < -0.39 is 13.9 Å². The quantitative estimate of drug-likeness (QED) is 0.518. The summed E-state index contributed by atoms with van der Waals surface area (Å²) in [6.07, 6.45) is 3.84. The fourth-order valence-corrected chi connectivity index (χ4v) is 6.07. The SMILES string of the molecule is CC(C)(C)[Si](C)(C)O[C@H]1CCCC12CC(Sc1ccccc1)C(=O)O2. The van der Waals surface area contributed by atoms with E-state index in [0.717, 1.165) is 30.6 Å². The molecule has 25 heavy (non-hydrogen) atoms. The number of ether oxygens (including phenoxy) is 1. The van der Waals surface area contributed by atoms with Crippen molar-refractivity contribution < 1.29 is 14.0 Å². The van der Waals surface area contributed by atoms with Crippen LogP contribution >= 0.6 is 11.8 Å². The van der Waals surface area contributed by atoms with E-state index in [1.807, 2.05) is 18.2 Å². The molecule has 0 radical (unpaired) electrons. The molecule has 0 aromatic heterocycles. The van der Waals surface area contributed by atoms with Gasteiger partial charge in [0.1, 0.15) is 10.9 Å². The molecule has 2 unspecified atom stereocenters. The minimum Gasteiger partial charge on any atom is -0.455 e. The van der Waals surface area contributed by atoms with Crippen molar-refractivity contribution in [3.8, 4) is 0 Å². The standard InChI is InChI=1S/C20H30O3SSi/c1-19(2,3)25(4,5)23-17-12-9-13-20(17)14-16(18(21)22-20)24-15-10-7-6-8-11-15/h6-8,10-11,16-17H,9,12-14H2,1-5H3/t16?,17-,20?/m0/s1. The van der Waals surface area contributed by atoms with Crippen LogP contribution in [0.4, 0.5) is 0 Å². The number of benzene rings is 1. The van der Waals surface area contributed by atoms with E-state index in [2.05, 4.69) is 46.0 Å². The van der Waals surface area contributed by atoms with E-state index in [0.29, 0.717) is 0 Å². The Morgan fingerprint density at radius 2 is 1.92 bits per heavy atom. The van der Waals surface area contributed by atoms with E-state index in [9.17, 15) is 4.79 Å². The highest BCUT2D eigenvalue weighted by Gasteiger charge is 2.56. The smallest absolute Gasteiger partial charge is 0.320 e. The summed E-state index contributed by atoms with van der Waals surface area (Å²) in [6.45, 7) is 11.3. The second-order valence-corrected chi connectivity index (χ2v) is 14.9. The van der Waals surface area contributed by atoms with Crippen LogP contribution in [-0.4, -0.2) is 31.2 Å². The Kier molecular flexibility index (Phi) is 5.12. The Labute approximate surface area is 157 Å². The lowest BCUT2D eigenvalue weighted by Gasteiger charge is -2.42. The maximum atomic E-state index is 12.6. The number of carbonyl (C=O) groups excluding carboxylic acids is 1. The molecule has 0 N–H and O–H groups in total. The molecule has 138 valence electrons. The summed E-state index contributed by atoms with van der Waals surface area (Å²) in [6, 6.07) is 10.1. The summed E-state index contributed by atoms with van der Waals surface area (Å²) in [4.78, 5) is 13.7. The fraction of sp³-hybridized carbons (Fsp3) is 0.650. The van der Waals surface area contributed by atoms with Crippen LogP contribution < -0.4 is 0 Å². The minimum absolute atomic E-state index is 0.0544. The summed E-state index contributed by atoms with van der Waals surface area (Å²) >= 11 is 1.63. The van der Waals surface area contributed by atoms with Gasteiger partial charge >= 0.3 is 5.97 Å². The normalized spacial score (nSPS) is 30.0. The third-order valence-corrected chi connectivity index (χ3v) is 11.7. The van der Waals surface area contributed by atoms with Gasteiger partial charge in [0.05, 0.1) is 6.10 Å². The van der Waals surface area contributed by atoms with Crippen molar-refractivity contribution in [3.63, 3.8) is 0 Å². The molecule has 3 atom stereocenters. The van der Waals surface area contributed by atoms with E-state index in [4.69, 9.17) is 9.16 Å². The molecule has 0 bridgehead atoms. The first-order valence-corrected chi connectivity index (χ1v) is 13.0. The highest BCUT2D eigenvalue weighted by Crippen LogP contribution is 2.49. The first kappa shape index (κ1) is 19.0. The molecule has 1 saturated carbocycles. The van der Waals surface area contributed by atoms with Crippen molar-refractivity contribution in [1.29, 1.82) is 0 Å². The zero-order valence-corrected chi connectivity index (χ0v) is 17.8. The van der Waals surface area contributed by atoms with Crippen molar-refractivity contribution in [2.24, 2.45) is 0 Å². The predicted molar refractivity (Wildman–Crippen MR) is 105 cm³/mol. The van der Waals surface area contributed by atoms with Gasteiger partial charge in [-0.05, 0) is 49.5 Å². The molecule has 5 heteroatoms. The average Bonchev–Trinajstić information content (AvgIpc) is 3.03. The van der Waals surface area contributed by atoms with Gasteiger partial charge in [0.25, 0.3) is 0 Å². The summed E-state index contributed by atoms with van der Waals surface area (Å²) in [5.74, 6) is -0.0698. The predicted octanol–water partition coefficient (Wildman–Crippen LogP) is 5.41. The van der Waals surface area contributed by atoms with E-state index in [1.54, 1.807) is 11.8 Å². The molecular weight excluding hydrogens is 348 g/mol. The molecule has 3 rings (SSSR count). The fourth-order valence-electron chi connectivity index (χ4n) is 3.52. The van der Waals surface area contributed by atoms with Gasteiger partial charge in [-0.1, -0.05) is 39.0 Å². The minimum atomic E-state index is -1.88. The highest BCUT2D eigenvalue weighted by molar-refractivity contribution is 8.00. The van der Waals surface area contributed by atoms with Gasteiger partial charge in [-0.25, -0.2) is 0 Å². The molecule has 2 fully saturated rings. The Morgan fingerprint density at radius 1 is 1.24 bits per heavy atom. The van der Waals surface area contributed by atoms with Crippen LogP contribution in [0.3, 0.4) is 0 Å². The zero-order chi connectivity index (χ0) is 18.3. The largest absolute Gasteiger partial charge is 0.455 e. The van der Waals surface area contributed by atoms with E-state index in [1.165, 1.54) is 0 Å². The second-order valence-electron chi connectivity index (χ2n) is 8.87. The summed E-state index contributed by atoms with van der Waals surface area (Å²) < 4.78 is 12.7. The van der Waals surface area contributed by atoms with Gasteiger partial charge in [-0.2, -0.15) is 0 Å². The zero-order valence-electron chi connectivity index (χ0n) is 16.0.